The number of nitrogens with one attached hydrogen (secondary N) is 2. The molecule has 10 heteroatoms. The molecule has 0 aromatic heterocycles. The van der Waals surface area contributed by atoms with Crippen LogP contribution in [0.25, 0.3) is 0 Å². The van der Waals surface area contributed by atoms with Crippen LogP contribution in [0.1, 0.15) is 12.5 Å². The van der Waals surface area contributed by atoms with Crippen LogP contribution in [0.2, 0.25) is 20.1 Å². The molecule has 1 fully saturated rings. The zero-order valence-electron chi connectivity index (χ0n) is 14.4. The van der Waals surface area contributed by atoms with Gasteiger partial charge in [0.2, 0.25) is 5.91 Å². The first-order valence-electron chi connectivity index (χ1n) is 7.96. The lowest BCUT2D eigenvalue weighted by Gasteiger charge is -2.22. The molecule has 2 aromatic carbocycles. The number of rotatable bonds is 4. The van der Waals surface area contributed by atoms with Crippen molar-refractivity contribution in [3.63, 3.8) is 0 Å². The molecule has 1 aliphatic heterocycles. The molecule has 6 nitrogen and oxygen atoms in total. The number of hydrogen-bond donors (Lipinski definition) is 2. The van der Waals surface area contributed by atoms with E-state index in [-0.39, 0.29) is 15.7 Å². The van der Waals surface area contributed by atoms with E-state index in [0.29, 0.717) is 15.6 Å². The van der Waals surface area contributed by atoms with E-state index < -0.39 is 29.9 Å². The van der Waals surface area contributed by atoms with Gasteiger partial charge in [-0.2, -0.15) is 0 Å². The van der Waals surface area contributed by atoms with Crippen molar-refractivity contribution >= 4 is 69.9 Å². The molecule has 28 heavy (non-hydrogen) atoms. The Bertz CT molecular complexity index is 958. The summed E-state index contributed by atoms with van der Waals surface area (Å²) in [6, 6.07) is 8.63. The third-order valence-electron chi connectivity index (χ3n) is 4.27. The number of carbonyl (C=O) groups is 3. The quantitative estimate of drug-likeness (QED) is 0.648. The van der Waals surface area contributed by atoms with Gasteiger partial charge in [0.15, 0.2) is 0 Å². The number of amides is 4. The van der Waals surface area contributed by atoms with E-state index in [1.165, 1.54) is 12.1 Å². The van der Waals surface area contributed by atoms with Gasteiger partial charge in [-0.3, -0.25) is 14.5 Å². The van der Waals surface area contributed by atoms with Crippen LogP contribution in [0.3, 0.4) is 0 Å². The number of nitrogens with zero attached hydrogens (tertiary/aromatic N) is 1. The lowest BCUT2D eigenvalue weighted by atomic mass is 9.92. The number of anilines is 1. The van der Waals surface area contributed by atoms with Gasteiger partial charge in [0.1, 0.15) is 12.1 Å². The number of carbonyl (C=O) groups excluding carboxylic acids is 3. The highest BCUT2D eigenvalue weighted by Gasteiger charge is 2.49. The molecule has 0 aliphatic carbocycles. The maximum atomic E-state index is 12.8. The fourth-order valence-corrected chi connectivity index (χ4v) is 3.84. The Morgan fingerprint density at radius 2 is 1.61 bits per heavy atom. The highest BCUT2D eigenvalue weighted by molar-refractivity contribution is 6.42. The first-order chi connectivity index (χ1) is 13.1. The van der Waals surface area contributed by atoms with E-state index >= 15 is 0 Å². The minimum absolute atomic E-state index is 0.133. The second-order valence-corrected chi connectivity index (χ2v) is 7.93. The largest absolute Gasteiger partial charge is 0.325 e. The number of halogens is 4. The molecular weight excluding hydrogens is 448 g/mol. The van der Waals surface area contributed by atoms with Gasteiger partial charge in [-0.15, -0.1) is 0 Å². The fraction of sp³-hybridized carbons (Fsp3) is 0.167. The van der Waals surface area contributed by atoms with Gasteiger partial charge in [0.05, 0.1) is 15.7 Å². The molecule has 0 saturated carbocycles. The predicted molar refractivity (Wildman–Crippen MR) is 109 cm³/mol. The minimum atomic E-state index is -1.31. The second-order valence-electron chi connectivity index (χ2n) is 6.25. The molecule has 4 amide bonds. The summed E-state index contributed by atoms with van der Waals surface area (Å²) in [5.74, 6) is -1.21. The van der Waals surface area contributed by atoms with Crippen LogP contribution < -0.4 is 10.6 Å². The highest BCUT2D eigenvalue weighted by atomic mass is 35.5. The standard InChI is InChI=1S/C18H13Cl4N3O3/c1-18(9-2-4-10(19)5-3-9)16(27)25(17(28)24-18)8-14(26)23-15-12(21)6-11(20)7-13(15)22/h2-7H,8H2,1H3,(H,23,26)(H,24,28)/t18-/m0/s1. The van der Waals surface area contributed by atoms with Gasteiger partial charge in [-0.1, -0.05) is 58.5 Å². The Hall–Kier alpha value is -1.99. The van der Waals surface area contributed by atoms with Crippen LogP contribution in [-0.2, 0) is 15.1 Å². The summed E-state index contributed by atoms with van der Waals surface area (Å²) < 4.78 is 0. The van der Waals surface area contributed by atoms with E-state index in [0.717, 1.165) is 4.90 Å². The van der Waals surface area contributed by atoms with Crippen molar-refractivity contribution in [2.45, 2.75) is 12.5 Å². The average Bonchev–Trinajstić information content (AvgIpc) is 2.83. The van der Waals surface area contributed by atoms with Gasteiger partial charge in [-0.25, -0.2) is 4.79 Å². The third-order valence-corrected chi connectivity index (χ3v) is 5.34. The van der Waals surface area contributed by atoms with E-state index in [1.807, 2.05) is 0 Å². The topological polar surface area (TPSA) is 78.5 Å². The van der Waals surface area contributed by atoms with E-state index in [1.54, 1.807) is 31.2 Å². The molecule has 0 radical (unpaired) electrons. The van der Waals surface area contributed by atoms with Gasteiger partial charge in [0, 0.05) is 10.0 Å². The van der Waals surface area contributed by atoms with Crippen LogP contribution in [0.5, 0.6) is 0 Å². The minimum Gasteiger partial charge on any atom is -0.322 e. The molecule has 2 N–H and O–H groups in total. The predicted octanol–water partition coefficient (Wildman–Crippen LogP) is 4.71. The maximum absolute atomic E-state index is 12.8. The summed E-state index contributed by atoms with van der Waals surface area (Å²) in [5.41, 5.74) is -0.621. The van der Waals surface area contributed by atoms with Crippen molar-refractivity contribution in [3.05, 3.63) is 62.1 Å². The molecule has 146 valence electrons. The molecule has 0 spiro atoms. The Morgan fingerprint density at radius 3 is 2.18 bits per heavy atom. The Kier molecular flexibility index (Phi) is 5.77. The monoisotopic (exact) mass is 459 g/mol. The molecule has 1 atom stereocenters. The molecule has 0 bridgehead atoms. The Morgan fingerprint density at radius 1 is 1.04 bits per heavy atom. The van der Waals surface area contributed by atoms with Crippen molar-refractivity contribution < 1.29 is 14.4 Å². The number of hydrogen-bond acceptors (Lipinski definition) is 3. The van der Waals surface area contributed by atoms with Crippen molar-refractivity contribution in [1.82, 2.24) is 10.2 Å². The fourth-order valence-electron chi connectivity index (χ4n) is 2.80. The van der Waals surface area contributed by atoms with Crippen molar-refractivity contribution in [3.8, 4) is 0 Å². The summed E-state index contributed by atoms with van der Waals surface area (Å²) in [6.45, 7) is 1.05. The smallest absolute Gasteiger partial charge is 0.322 e. The molecule has 1 saturated heterocycles. The van der Waals surface area contributed by atoms with Gasteiger partial charge >= 0.3 is 6.03 Å². The zero-order valence-corrected chi connectivity index (χ0v) is 17.4. The van der Waals surface area contributed by atoms with Gasteiger partial charge < -0.3 is 10.6 Å². The second kappa shape index (κ2) is 7.79. The summed E-state index contributed by atoms with van der Waals surface area (Å²) in [4.78, 5) is 38.4. The molecule has 2 aromatic rings. The maximum Gasteiger partial charge on any atom is 0.325 e. The Labute approximate surface area is 180 Å². The van der Waals surface area contributed by atoms with Crippen molar-refractivity contribution in [2.24, 2.45) is 0 Å². The van der Waals surface area contributed by atoms with E-state index in [9.17, 15) is 14.4 Å². The SMILES string of the molecule is C[C@@]1(c2ccc(Cl)cc2)NC(=O)N(CC(=O)Nc2c(Cl)cc(Cl)cc2Cl)C1=O. The lowest BCUT2D eigenvalue weighted by Crippen LogP contribution is -2.42. The number of benzene rings is 2. The first kappa shape index (κ1) is 20.7. The molecular formula is C18H13Cl4N3O3. The average molecular weight is 461 g/mol. The summed E-state index contributed by atoms with van der Waals surface area (Å²) in [7, 11) is 0. The Balaban J connectivity index is 1.78. The van der Waals surface area contributed by atoms with Gasteiger partial charge in [-0.05, 0) is 36.8 Å². The number of imide groups is 1. The normalized spacial score (nSPS) is 19.0. The summed E-state index contributed by atoms with van der Waals surface area (Å²) in [5, 5.41) is 6.18. The zero-order chi connectivity index (χ0) is 20.6. The van der Waals surface area contributed by atoms with Crippen molar-refractivity contribution in [1.29, 1.82) is 0 Å². The first-order valence-corrected chi connectivity index (χ1v) is 9.47. The van der Waals surface area contributed by atoms with Crippen LogP contribution in [0, 0.1) is 0 Å². The molecule has 1 heterocycles. The van der Waals surface area contributed by atoms with E-state index in [4.69, 9.17) is 46.4 Å². The molecule has 3 rings (SSSR count). The molecule has 0 unspecified atom stereocenters. The summed E-state index contributed by atoms with van der Waals surface area (Å²) in [6.07, 6.45) is 0. The third kappa shape index (κ3) is 3.91. The molecule has 1 aliphatic rings. The van der Waals surface area contributed by atoms with E-state index in [2.05, 4.69) is 10.6 Å². The highest BCUT2D eigenvalue weighted by Crippen LogP contribution is 2.34. The van der Waals surface area contributed by atoms with Crippen LogP contribution >= 0.6 is 46.4 Å². The van der Waals surface area contributed by atoms with Crippen LogP contribution in [0.4, 0.5) is 10.5 Å². The lowest BCUT2D eigenvalue weighted by molar-refractivity contribution is -0.133. The van der Waals surface area contributed by atoms with Crippen molar-refractivity contribution in [2.75, 3.05) is 11.9 Å². The van der Waals surface area contributed by atoms with Crippen LogP contribution in [0.15, 0.2) is 36.4 Å². The summed E-state index contributed by atoms with van der Waals surface area (Å²) >= 11 is 23.8. The van der Waals surface area contributed by atoms with Crippen LogP contribution in [-0.4, -0.2) is 29.3 Å². The number of urea groups is 1. The van der Waals surface area contributed by atoms with Gasteiger partial charge in [0.25, 0.3) is 5.91 Å².